The summed E-state index contributed by atoms with van der Waals surface area (Å²) in [6.45, 7) is 0. The van der Waals surface area contributed by atoms with Crippen LogP contribution in [0.2, 0.25) is 0 Å². The van der Waals surface area contributed by atoms with Gasteiger partial charge in [-0.3, -0.25) is 0 Å². The molecule has 1 aliphatic heterocycles. The van der Waals surface area contributed by atoms with E-state index in [4.69, 9.17) is 0 Å². The number of ether oxygens (including phenoxy) is 2. The summed E-state index contributed by atoms with van der Waals surface area (Å²) in [5.74, 6) is 0.207. The minimum Gasteiger partial charge on any atom is -0.396 e. The third kappa shape index (κ3) is 1.20. The molecule has 64 valence electrons. The van der Waals surface area contributed by atoms with Crippen LogP contribution in [0.3, 0.4) is 0 Å². The lowest BCUT2D eigenvalue weighted by Crippen LogP contribution is -2.14. The van der Waals surface area contributed by atoms with Crippen LogP contribution in [0.1, 0.15) is 6.42 Å². The molecule has 4 heteroatoms. The highest BCUT2D eigenvalue weighted by atomic mass is 19.3. The summed E-state index contributed by atoms with van der Waals surface area (Å²) in [5, 5.41) is 0. The van der Waals surface area contributed by atoms with Gasteiger partial charge in [0.05, 0.1) is 0 Å². The van der Waals surface area contributed by atoms with Crippen LogP contribution in [0.15, 0.2) is 35.8 Å². The van der Waals surface area contributed by atoms with Gasteiger partial charge in [-0.15, -0.1) is 8.78 Å². The molecule has 0 atom stereocenters. The van der Waals surface area contributed by atoms with Gasteiger partial charge in [-0.05, 0) is 18.6 Å². The molecule has 1 saturated heterocycles. The number of fused-ring (bicyclic) bond motifs is 1. The maximum absolute atomic E-state index is 12.4. The fourth-order valence-electron chi connectivity index (χ4n) is 1.04. The van der Waals surface area contributed by atoms with Gasteiger partial charge in [0.1, 0.15) is 0 Å². The van der Waals surface area contributed by atoms with Crippen molar-refractivity contribution in [3.8, 4) is 0 Å². The number of rotatable bonds is 0. The Kier molecular flexibility index (Phi) is 1.43. The standard InChI is InChI=1S/C8H6F2O2/c9-8(10)11-6-4-2-1-3-5-7(6)12-8/h1-2,4-5H,3H2. The summed E-state index contributed by atoms with van der Waals surface area (Å²) in [6, 6.07) is 0. The Morgan fingerprint density at radius 2 is 2.00 bits per heavy atom. The van der Waals surface area contributed by atoms with Gasteiger partial charge in [0.15, 0.2) is 11.5 Å². The molecule has 2 aliphatic rings. The summed E-state index contributed by atoms with van der Waals surface area (Å²) < 4.78 is 33.3. The van der Waals surface area contributed by atoms with Crippen LogP contribution in [0.4, 0.5) is 8.78 Å². The monoisotopic (exact) mass is 172 g/mol. The molecular formula is C8H6F2O2. The zero-order valence-electron chi connectivity index (χ0n) is 6.09. The normalized spacial score (nSPS) is 24.5. The number of halogens is 2. The van der Waals surface area contributed by atoms with Crippen molar-refractivity contribution in [2.24, 2.45) is 0 Å². The minimum absolute atomic E-state index is 0.0914. The molecule has 1 fully saturated rings. The van der Waals surface area contributed by atoms with Crippen molar-refractivity contribution in [1.82, 2.24) is 0 Å². The van der Waals surface area contributed by atoms with Crippen LogP contribution in [-0.2, 0) is 9.47 Å². The van der Waals surface area contributed by atoms with Crippen LogP contribution >= 0.6 is 0 Å². The van der Waals surface area contributed by atoms with E-state index in [2.05, 4.69) is 9.47 Å². The smallest absolute Gasteiger partial charge is 0.396 e. The largest absolute Gasteiger partial charge is 0.586 e. The summed E-state index contributed by atoms with van der Waals surface area (Å²) in [7, 11) is 0. The van der Waals surface area contributed by atoms with E-state index in [-0.39, 0.29) is 11.5 Å². The summed E-state index contributed by atoms with van der Waals surface area (Å²) in [6.07, 6.45) is 3.57. The van der Waals surface area contributed by atoms with Crippen molar-refractivity contribution in [3.63, 3.8) is 0 Å². The quantitative estimate of drug-likeness (QED) is 0.558. The summed E-state index contributed by atoms with van der Waals surface area (Å²) in [5.41, 5.74) is 0. The Hall–Kier alpha value is -1.32. The van der Waals surface area contributed by atoms with E-state index in [1.807, 2.05) is 6.08 Å². The highest BCUT2D eigenvalue weighted by Gasteiger charge is 2.45. The average molecular weight is 172 g/mol. The van der Waals surface area contributed by atoms with Crippen LogP contribution in [0.5, 0.6) is 0 Å². The van der Waals surface area contributed by atoms with Crippen LogP contribution in [0, 0.1) is 0 Å². The summed E-state index contributed by atoms with van der Waals surface area (Å²) >= 11 is 0. The molecule has 0 aromatic carbocycles. The van der Waals surface area contributed by atoms with Gasteiger partial charge in [0, 0.05) is 0 Å². The van der Waals surface area contributed by atoms with E-state index >= 15 is 0 Å². The molecule has 1 aliphatic carbocycles. The second-order valence-electron chi connectivity index (χ2n) is 2.43. The number of hydrogen-bond donors (Lipinski definition) is 0. The Labute approximate surface area is 67.8 Å². The molecule has 0 bridgehead atoms. The number of allylic oxidation sites excluding steroid dienone is 4. The average Bonchev–Trinajstić information content (AvgIpc) is 2.17. The lowest BCUT2D eigenvalue weighted by molar-refractivity contribution is -0.326. The second kappa shape index (κ2) is 2.33. The van der Waals surface area contributed by atoms with Gasteiger partial charge in [-0.25, -0.2) is 0 Å². The first-order valence-electron chi connectivity index (χ1n) is 3.50. The molecule has 0 N–H and O–H groups in total. The molecule has 0 unspecified atom stereocenters. The van der Waals surface area contributed by atoms with Gasteiger partial charge < -0.3 is 9.47 Å². The lowest BCUT2D eigenvalue weighted by Gasteiger charge is -2.03. The number of hydrogen-bond acceptors (Lipinski definition) is 2. The van der Waals surface area contributed by atoms with E-state index in [0.717, 1.165) is 0 Å². The highest BCUT2D eigenvalue weighted by Crippen LogP contribution is 2.37. The van der Waals surface area contributed by atoms with Crippen LogP contribution in [0.25, 0.3) is 0 Å². The van der Waals surface area contributed by atoms with Crippen LogP contribution < -0.4 is 0 Å². The third-order valence-corrected chi connectivity index (χ3v) is 1.52. The Bertz CT molecular complexity index is 289. The van der Waals surface area contributed by atoms with Crippen molar-refractivity contribution >= 4 is 0 Å². The third-order valence-electron chi connectivity index (χ3n) is 1.52. The molecule has 12 heavy (non-hydrogen) atoms. The Morgan fingerprint density at radius 3 is 2.83 bits per heavy atom. The second-order valence-corrected chi connectivity index (χ2v) is 2.43. The van der Waals surface area contributed by atoms with E-state index in [1.54, 1.807) is 12.2 Å². The topological polar surface area (TPSA) is 18.5 Å². The molecular weight excluding hydrogens is 166 g/mol. The maximum Gasteiger partial charge on any atom is 0.586 e. The molecule has 0 amide bonds. The predicted molar refractivity (Wildman–Crippen MR) is 37.0 cm³/mol. The first kappa shape index (κ1) is 7.34. The van der Waals surface area contributed by atoms with E-state index in [0.29, 0.717) is 6.42 Å². The molecule has 0 spiro atoms. The Balaban J connectivity index is 2.33. The highest BCUT2D eigenvalue weighted by molar-refractivity contribution is 5.30. The first-order valence-corrected chi connectivity index (χ1v) is 3.50. The van der Waals surface area contributed by atoms with Crippen molar-refractivity contribution in [2.75, 3.05) is 0 Å². The zero-order valence-corrected chi connectivity index (χ0v) is 6.09. The van der Waals surface area contributed by atoms with Gasteiger partial charge in [0.2, 0.25) is 0 Å². The fourth-order valence-corrected chi connectivity index (χ4v) is 1.04. The first-order chi connectivity index (χ1) is 5.67. The maximum atomic E-state index is 12.4. The van der Waals surface area contributed by atoms with Gasteiger partial charge in [-0.1, -0.05) is 12.2 Å². The van der Waals surface area contributed by atoms with E-state index in [9.17, 15) is 8.78 Å². The Morgan fingerprint density at radius 1 is 1.25 bits per heavy atom. The minimum atomic E-state index is -3.50. The van der Waals surface area contributed by atoms with Crippen molar-refractivity contribution < 1.29 is 18.3 Å². The predicted octanol–water partition coefficient (Wildman–Crippen LogP) is 2.31. The molecule has 2 nitrogen and oxygen atoms in total. The molecule has 0 aromatic heterocycles. The number of alkyl halides is 2. The van der Waals surface area contributed by atoms with Crippen molar-refractivity contribution in [3.05, 3.63) is 35.8 Å². The van der Waals surface area contributed by atoms with Crippen LogP contribution in [-0.4, -0.2) is 6.29 Å². The fraction of sp³-hybridized carbons (Fsp3) is 0.250. The van der Waals surface area contributed by atoms with Gasteiger partial charge >= 0.3 is 6.29 Å². The zero-order chi connectivity index (χ0) is 8.60. The molecule has 0 radical (unpaired) electrons. The molecule has 2 rings (SSSR count). The van der Waals surface area contributed by atoms with Crippen molar-refractivity contribution in [2.45, 2.75) is 12.7 Å². The van der Waals surface area contributed by atoms with E-state index in [1.165, 1.54) is 6.08 Å². The molecule has 0 aromatic rings. The molecule has 0 saturated carbocycles. The SMILES string of the molecule is FC1(F)OC2=CC=CCC=C2O1. The lowest BCUT2D eigenvalue weighted by atomic mass is 10.3. The molecule has 1 heterocycles. The van der Waals surface area contributed by atoms with Gasteiger partial charge in [0.25, 0.3) is 0 Å². The van der Waals surface area contributed by atoms with Crippen molar-refractivity contribution in [1.29, 1.82) is 0 Å². The van der Waals surface area contributed by atoms with E-state index < -0.39 is 6.29 Å². The van der Waals surface area contributed by atoms with Gasteiger partial charge in [-0.2, -0.15) is 0 Å². The summed E-state index contributed by atoms with van der Waals surface area (Å²) in [4.78, 5) is 0.